The lowest BCUT2D eigenvalue weighted by Gasteiger charge is -2.29. The van der Waals surface area contributed by atoms with E-state index >= 15 is 0 Å². The number of aliphatic hydroxyl groups excluding tert-OH is 1. The fourth-order valence-corrected chi connectivity index (χ4v) is 4.80. The maximum Gasteiger partial charge on any atom is 0.286 e. The SMILES string of the molecule is COc1ccc2[nH]cc(CCNC(=O)C3=C[C@H](c4coc5ccccc5c4=O)C[C@H](OCCCCO)O3)c2c1. The lowest BCUT2D eigenvalue weighted by atomic mass is 9.93. The predicted molar refractivity (Wildman–Crippen MR) is 147 cm³/mol. The number of hydrogen-bond acceptors (Lipinski definition) is 7. The Hall–Kier alpha value is -4.08. The van der Waals surface area contributed by atoms with Crippen LogP contribution in [0.25, 0.3) is 21.9 Å². The Morgan fingerprint density at radius 2 is 2.05 bits per heavy atom. The fraction of sp³-hybridized carbons (Fsp3) is 0.333. The molecule has 0 spiro atoms. The molecule has 4 aromatic rings. The van der Waals surface area contributed by atoms with E-state index in [0.717, 1.165) is 22.2 Å². The van der Waals surface area contributed by atoms with Crippen molar-refractivity contribution in [3.63, 3.8) is 0 Å². The first-order valence-corrected chi connectivity index (χ1v) is 13.1. The third-order valence-corrected chi connectivity index (χ3v) is 6.90. The highest BCUT2D eigenvalue weighted by Gasteiger charge is 2.30. The molecule has 3 N–H and O–H groups in total. The van der Waals surface area contributed by atoms with Gasteiger partial charge < -0.3 is 34.0 Å². The minimum absolute atomic E-state index is 0.0758. The van der Waals surface area contributed by atoms with Crippen molar-refractivity contribution in [3.8, 4) is 5.75 Å². The summed E-state index contributed by atoms with van der Waals surface area (Å²) in [5, 5.41) is 13.5. The average Bonchev–Trinajstić information content (AvgIpc) is 3.37. The molecule has 0 saturated heterocycles. The first kappa shape index (κ1) is 26.5. The van der Waals surface area contributed by atoms with Crippen molar-refractivity contribution >= 4 is 27.8 Å². The maximum atomic E-state index is 13.3. The number of aromatic nitrogens is 1. The van der Waals surface area contributed by atoms with Gasteiger partial charge in [-0.1, -0.05) is 12.1 Å². The van der Waals surface area contributed by atoms with Crippen LogP contribution in [-0.4, -0.2) is 49.2 Å². The van der Waals surface area contributed by atoms with Gasteiger partial charge in [-0.15, -0.1) is 0 Å². The zero-order chi connectivity index (χ0) is 27.2. The molecule has 0 fully saturated rings. The zero-order valence-electron chi connectivity index (χ0n) is 21.8. The highest BCUT2D eigenvalue weighted by Crippen LogP contribution is 2.31. The van der Waals surface area contributed by atoms with Gasteiger partial charge in [0.2, 0.25) is 6.29 Å². The van der Waals surface area contributed by atoms with E-state index in [1.165, 1.54) is 6.26 Å². The molecule has 1 aliphatic rings. The second-order valence-corrected chi connectivity index (χ2v) is 9.47. The molecule has 204 valence electrons. The second-order valence-electron chi connectivity index (χ2n) is 9.47. The maximum absolute atomic E-state index is 13.3. The number of aromatic amines is 1. The van der Waals surface area contributed by atoms with Crippen LogP contribution in [0, 0.1) is 0 Å². The number of rotatable bonds is 11. The molecule has 2 aromatic carbocycles. The second kappa shape index (κ2) is 12.2. The third-order valence-electron chi connectivity index (χ3n) is 6.90. The summed E-state index contributed by atoms with van der Waals surface area (Å²) in [7, 11) is 1.63. The van der Waals surface area contributed by atoms with E-state index in [9.17, 15) is 9.59 Å². The minimum atomic E-state index is -0.716. The Bertz CT molecular complexity index is 1540. The van der Waals surface area contributed by atoms with Gasteiger partial charge in [-0.05, 0) is 61.2 Å². The van der Waals surface area contributed by atoms with Crippen LogP contribution in [0.15, 0.2) is 76.0 Å². The van der Waals surface area contributed by atoms with Gasteiger partial charge in [0.15, 0.2) is 11.2 Å². The number of carbonyl (C=O) groups excluding carboxylic acids is 1. The van der Waals surface area contributed by atoms with Crippen molar-refractivity contribution in [2.75, 3.05) is 26.9 Å². The van der Waals surface area contributed by atoms with E-state index in [-0.39, 0.29) is 23.7 Å². The van der Waals surface area contributed by atoms with Gasteiger partial charge in [0.05, 0.1) is 25.4 Å². The molecule has 3 heterocycles. The van der Waals surface area contributed by atoms with Crippen LogP contribution < -0.4 is 15.5 Å². The average molecular weight is 533 g/mol. The highest BCUT2D eigenvalue weighted by molar-refractivity contribution is 5.92. The predicted octanol–water partition coefficient (Wildman–Crippen LogP) is 4.14. The summed E-state index contributed by atoms with van der Waals surface area (Å²) in [5.74, 6) is 0.0597. The quantitative estimate of drug-likeness (QED) is 0.248. The van der Waals surface area contributed by atoms with E-state index < -0.39 is 12.2 Å². The Morgan fingerprint density at radius 1 is 1.18 bits per heavy atom. The number of unbranched alkanes of at least 4 members (excludes halogenated alkanes) is 1. The third kappa shape index (κ3) is 6.00. The van der Waals surface area contributed by atoms with Crippen LogP contribution in [0.2, 0.25) is 0 Å². The molecule has 1 aliphatic heterocycles. The number of benzene rings is 2. The van der Waals surface area contributed by atoms with Crippen LogP contribution in [0.4, 0.5) is 0 Å². The summed E-state index contributed by atoms with van der Waals surface area (Å²) < 4.78 is 22.8. The molecule has 0 saturated carbocycles. The summed E-state index contributed by atoms with van der Waals surface area (Å²) in [5.41, 5.74) is 2.85. The number of amides is 1. The van der Waals surface area contributed by atoms with E-state index in [2.05, 4.69) is 10.3 Å². The number of methoxy groups -OCH3 is 1. The highest BCUT2D eigenvalue weighted by atomic mass is 16.7. The van der Waals surface area contributed by atoms with Crippen LogP contribution in [-0.2, 0) is 20.7 Å². The van der Waals surface area contributed by atoms with Crippen molar-refractivity contribution in [2.24, 2.45) is 0 Å². The summed E-state index contributed by atoms with van der Waals surface area (Å²) in [4.78, 5) is 29.7. The topological polar surface area (TPSA) is 123 Å². The van der Waals surface area contributed by atoms with Gasteiger partial charge in [-0.3, -0.25) is 9.59 Å². The molecule has 2 atom stereocenters. The van der Waals surface area contributed by atoms with Crippen molar-refractivity contribution in [1.82, 2.24) is 10.3 Å². The van der Waals surface area contributed by atoms with Crippen molar-refractivity contribution in [2.45, 2.75) is 37.9 Å². The van der Waals surface area contributed by atoms with Crippen LogP contribution in [0.3, 0.4) is 0 Å². The van der Waals surface area contributed by atoms with Crippen LogP contribution in [0.5, 0.6) is 5.75 Å². The first-order chi connectivity index (χ1) is 19.1. The number of fused-ring (bicyclic) bond motifs is 2. The summed E-state index contributed by atoms with van der Waals surface area (Å²) in [6, 6.07) is 12.9. The molecule has 39 heavy (non-hydrogen) atoms. The smallest absolute Gasteiger partial charge is 0.286 e. The Morgan fingerprint density at radius 3 is 2.90 bits per heavy atom. The lowest BCUT2D eigenvalue weighted by Crippen LogP contribution is -2.34. The summed E-state index contributed by atoms with van der Waals surface area (Å²) >= 11 is 0. The van der Waals surface area contributed by atoms with Crippen molar-refractivity contribution in [3.05, 3.63) is 88.1 Å². The monoisotopic (exact) mass is 532 g/mol. The molecule has 1 amide bonds. The number of aliphatic hydroxyl groups is 1. The molecule has 0 aliphatic carbocycles. The van der Waals surface area contributed by atoms with Gasteiger partial charge in [0.1, 0.15) is 11.3 Å². The minimum Gasteiger partial charge on any atom is -0.497 e. The van der Waals surface area contributed by atoms with E-state index in [1.807, 2.05) is 30.5 Å². The molecule has 0 bridgehead atoms. The number of para-hydroxylation sites is 1. The number of ether oxygens (including phenoxy) is 3. The Balaban J connectivity index is 1.32. The van der Waals surface area contributed by atoms with Crippen LogP contribution in [0.1, 0.15) is 36.3 Å². The normalized spacial score (nSPS) is 17.1. The van der Waals surface area contributed by atoms with E-state index in [0.29, 0.717) is 55.4 Å². The van der Waals surface area contributed by atoms with Crippen LogP contribution >= 0.6 is 0 Å². The number of nitrogens with one attached hydrogen (secondary N) is 2. The molecule has 0 unspecified atom stereocenters. The molecule has 2 aromatic heterocycles. The molecular formula is C30H32N2O7. The molecule has 5 rings (SSSR count). The standard InChI is InChI=1S/C30H32N2O7/c1-36-21-8-9-25-23(16-21)19(17-32-25)10-11-31-30(35)27-14-20(15-28(39-27)37-13-5-4-12-33)24-18-38-26-7-3-2-6-22(26)29(24)34/h2-3,6-9,14,16-18,20,28,32-33H,4-5,10-13,15H2,1H3,(H,31,35)/t20-,28+/m0/s1. The number of H-pyrrole nitrogens is 1. The Labute approximate surface area is 225 Å². The van der Waals surface area contributed by atoms with E-state index in [4.69, 9.17) is 23.7 Å². The lowest BCUT2D eigenvalue weighted by molar-refractivity contribution is -0.146. The van der Waals surface area contributed by atoms with E-state index in [1.54, 1.807) is 31.4 Å². The van der Waals surface area contributed by atoms with Crippen molar-refractivity contribution in [1.29, 1.82) is 0 Å². The van der Waals surface area contributed by atoms with Gasteiger partial charge in [0, 0.05) is 48.2 Å². The molecular weight excluding hydrogens is 500 g/mol. The molecule has 0 radical (unpaired) electrons. The number of hydrogen-bond donors (Lipinski definition) is 3. The molecule has 9 heteroatoms. The van der Waals surface area contributed by atoms with Crippen molar-refractivity contribution < 1.29 is 28.5 Å². The van der Waals surface area contributed by atoms with Gasteiger partial charge in [-0.25, -0.2) is 0 Å². The van der Waals surface area contributed by atoms with Gasteiger partial charge in [-0.2, -0.15) is 0 Å². The van der Waals surface area contributed by atoms with Gasteiger partial charge in [0.25, 0.3) is 5.91 Å². The number of carbonyl (C=O) groups is 1. The summed E-state index contributed by atoms with van der Waals surface area (Å²) in [6.45, 7) is 0.824. The first-order valence-electron chi connectivity index (χ1n) is 13.1. The Kier molecular flexibility index (Phi) is 8.29. The fourth-order valence-electron chi connectivity index (χ4n) is 4.80. The summed E-state index contributed by atoms with van der Waals surface area (Å²) in [6.07, 6.45) is 6.55. The number of allylic oxidation sites excluding steroid dienone is 1. The molecule has 9 nitrogen and oxygen atoms in total. The van der Waals surface area contributed by atoms with Gasteiger partial charge >= 0.3 is 0 Å². The largest absolute Gasteiger partial charge is 0.497 e. The zero-order valence-corrected chi connectivity index (χ0v) is 21.8.